The van der Waals surface area contributed by atoms with E-state index >= 15 is 4.79 Å². The summed E-state index contributed by atoms with van der Waals surface area (Å²) in [7, 11) is 0. The third kappa shape index (κ3) is 11.2. The van der Waals surface area contributed by atoms with Gasteiger partial charge in [-0.15, -0.1) is 0 Å². The van der Waals surface area contributed by atoms with Crippen LogP contribution in [0.5, 0.6) is 5.75 Å². The van der Waals surface area contributed by atoms with E-state index in [4.69, 9.17) is 26.7 Å². The first kappa shape index (κ1) is 51.0. The Bertz CT molecular complexity index is 2840. The van der Waals surface area contributed by atoms with Crippen molar-refractivity contribution in [2.75, 3.05) is 13.2 Å². The predicted octanol–water partition coefficient (Wildman–Crippen LogP) is -1.83. The standard InChI is InChI=1S/C49H59N11O12/c1-22(62)37-42-48(72-42)60-39(46(67)57-34(21-61)45(66)56-33(49(69)70)15-23-7-3-2-4-8-23)26(10-6-14-50)24-12-13-28-29(20-53-31(28)17-24)41-40(47(68)58-37)59-44(65)32(18-36(52)63)55-43(64)30(51)16-25-19-54-38-27(25)9-5-11-35(38)71-41/h2-5,7-9,11-13,17,19-20,22,26,30,32-34,37,39-42,48,53-54,60-62H,6,10,14-16,18,21,50-51H2,1H3,(H2,52,63)(H,55,64)(H,56,66)(H,57,67)(H,58,68)(H,59,65)(H,69,70)/t22-,26+,30+,32+,33+,34+,37+,39+,40+,41-,42?,48?/m1/s1. The Morgan fingerprint density at radius 1 is 0.889 bits per heavy atom. The van der Waals surface area contributed by atoms with Gasteiger partial charge in [0.2, 0.25) is 35.4 Å². The molecule has 0 spiro atoms. The number of carboxylic acid groups (broad SMARTS) is 1. The first-order chi connectivity index (χ1) is 34.5. The maximum atomic E-state index is 15.1. The fourth-order valence-corrected chi connectivity index (χ4v) is 9.54. The van der Waals surface area contributed by atoms with Crippen LogP contribution >= 0.6 is 0 Å². The number of fused-ring (bicyclic) bond motifs is 5. The molecule has 0 saturated carbocycles. The van der Waals surface area contributed by atoms with Crippen molar-refractivity contribution in [2.45, 2.75) is 112 Å². The highest BCUT2D eigenvalue weighted by atomic mass is 16.6. The molecule has 9 rings (SSSR count). The van der Waals surface area contributed by atoms with Crippen LogP contribution in [0, 0.1) is 0 Å². The lowest BCUT2D eigenvalue weighted by Gasteiger charge is -2.31. The van der Waals surface area contributed by atoms with Crippen LogP contribution in [0.1, 0.15) is 60.5 Å². The van der Waals surface area contributed by atoms with Gasteiger partial charge >= 0.3 is 5.97 Å². The second kappa shape index (κ2) is 21.9. The number of epoxide rings is 1. The van der Waals surface area contributed by atoms with Crippen LogP contribution in [0.25, 0.3) is 21.8 Å². The van der Waals surface area contributed by atoms with Gasteiger partial charge in [0.15, 0.2) is 6.10 Å². The van der Waals surface area contributed by atoms with Crippen LogP contribution in [0.15, 0.2) is 79.1 Å². The Hall–Kier alpha value is -7.41. The summed E-state index contributed by atoms with van der Waals surface area (Å²) in [6, 6.07) is 9.21. The zero-order valence-electron chi connectivity index (χ0n) is 39.1. The first-order valence-corrected chi connectivity index (χ1v) is 23.6. The van der Waals surface area contributed by atoms with Gasteiger partial charge in [0.05, 0.1) is 42.8 Å². The number of ether oxygens (including phenoxy) is 2. The number of carbonyl (C=O) groups excluding carboxylic acids is 6. The van der Waals surface area contributed by atoms with E-state index in [-0.39, 0.29) is 25.1 Å². The molecule has 0 aliphatic carbocycles. The normalized spacial score (nSPS) is 25.7. The topological polar surface area (TPSA) is 384 Å². The predicted molar refractivity (Wildman–Crippen MR) is 258 cm³/mol. The Labute approximate surface area is 411 Å². The van der Waals surface area contributed by atoms with Crippen LogP contribution in [-0.4, -0.2) is 141 Å². The molecule has 1 fully saturated rings. The summed E-state index contributed by atoms with van der Waals surface area (Å²) in [5.41, 5.74) is 21.2. The van der Waals surface area contributed by atoms with E-state index in [1.165, 1.54) is 6.92 Å². The Kier molecular flexibility index (Phi) is 15.5. The fourth-order valence-electron chi connectivity index (χ4n) is 9.54. The lowest BCUT2D eigenvalue weighted by atomic mass is 9.85. The maximum absolute atomic E-state index is 15.1. The molecule has 2 aromatic heterocycles. The highest BCUT2D eigenvalue weighted by Gasteiger charge is 2.51. The Balaban J connectivity index is 1.21. The molecule has 1 saturated heterocycles. The van der Waals surface area contributed by atoms with Gasteiger partial charge < -0.3 is 78.5 Å². The lowest BCUT2D eigenvalue weighted by Crippen LogP contribution is -2.61. The molecular weight excluding hydrogens is 935 g/mol. The maximum Gasteiger partial charge on any atom is 0.326 e. The van der Waals surface area contributed by atoms with E-state index in [0.29, 0.717) is 56.9 Å². The van der Waals surface area contributed by atoms with Crippen molar-refractivity contribution in [3.8, 4) is 5.75 Å². The SMILES string of the molecule is C[C@@H](O)[C@@H]1NC(=O)[C@H]2NC(=O)[C@H](CC(N)=O)NC(=O)[C@@H](N)Cc3c[nH]c4c(cccc34)O[C@@H]2c2c[nH]c3cc(ccc23)[C@H](CCCN)[C@@H](C(=O)N[C@@H](CO)C(=O)N[C@@H](Cc2ccccc2)C(=O)O)NC2OC21. The van der Waals surface area contributed by atoms with E-state index in [1.54, 1.807) is 79.1 Å². The summed E-state index contributed by atoms with van der Waals surface area (Å²) >= 11 is 0. The molecule has 17 N–H and O–H groups in total. The van der Waals surface area contributed by atoms with E-state index < -0.39 is 127 Å². The number of hydrogen-bond donors (Lipinski definition) is 14. The average molecular weight is 994 g/mol. The number of hydrogen-bond acceptors (Lipinski definition) is 14. The van der Waals surface area contributed by atoms with Gasteiger partial charge in [0.25, 0.3) is 0 Å². The van der Waals surface area contributed by atoms with Gasteiger partial charge in [-0.1, -0.05) is 54.6 Å². The van der Waals surface area contributed by atoms with Crippen LogP contribution in [-0.2, 0) is 51.1 Å². The smallest absolute Gasteiger partial charge is 0.326 e. The highest BCUT2D eigenvalue weighted by molar-refractivity contribution is 5.98. The third-order valence-electron chi connectivity index (χ3n) is 13.4. The zero-order chi connectivity index (χ0) is 51.4. The molecule has 8 bridgehead atoms. The number of aliphatic hydroxyl groups is 2. The van der Waals surface area contributed by atoms with E-state index in [0.717, 1.165) is 0 Å². The number of aliphatic hydroxyl groups excluding tert-OH is 2. The summed E-state index contributed by atoms with van der Waals surface area (Å²) in [5, 5.41) is 49.2. The number of aromatic nitrogens is 2. The van der Waals surface area contributed by atoms with Crippen molar-refractivity contribution in [2.24, 2.45) is 17.2 Å². The Morgan fingerprint density at radius 3 is 2.38 bits per heavy atom. The number of amides is 6. The minimum atomic E-state index is -1.67. The van der Waals surface area contributed by atoms with Crippen molar-refractivity contribution in [1.82, 2.24) is 41.9 Å². The molecule has 6 heterocycles. The molecule has 6 amide bonds. The van der Waals surface area contributed by atoms with Crippen molar-refractivity contribution in [3.63, 3.8) is 0 Å². The first-order valence-electron chi connectivity index (χ1n) is 23.6. The average Bonchev–Trinajstić information content (AvgIpc) is 3.78. The number of primary amides is 1. The molecule has 5 aromatic rings. The molecule has 23 heteroatoms. The van der Waals surface area contributed by atoms with Crippen LogP contribution in [0.4, 0.5) is 0 Å². The summed E-state index contributed by atoms with van der Waals surface area (Å²) in [4.78, 5) is 102. The molecule has 382 valence electrons. The summed E-state index contributed by atoms with van der Waals surface area (Å²) in [6.45, 7) is 0.741. The van der Waals surface area contributed by atoms with Gasteiger partial charge in [0, 0.05) is 46.6 Å². The number of aromatic amines is 2. The van der Waals surface area contributed by atoms with Gasteiger partial charge in [-0.05, 0) is 61.6 Å². The van der Waals surface area contributed by atoms with Crippen LogP contribution in [0.3, 0.4) is 0 Å². The number of para-hydroxylation sites is 1. The number of nitrogens with two attached hydrogens (primary N) is 3. The number of benzene rings is 3. The lowest BCUT2D eigenvalue weighted by molar-refractivity contribution is -0.142. The molecule has 72 heavy (non-hydrogen) atoms. The number of carbonyl (C=O) groups is 7. The van der Waals surface area contributed by atoms with Gasteiger partial charge in [-0.3, -0.25) is 34.1 Å². The minimum absolute atomic E-state index is 0.0355. The summed E-state index contributed by atoms with van der Waals surface area (Å²) < 4.78 is 12.9. The number of H-pyrrole nitrogens is 2. The highest BCUT2D eigenvalue weighted by Crippen LogP contribution is 2.38. The summed E-state index contributed by atoms with van der Waals surface area (Å²) in [5.74, 6) is -7.07. The second-order valence-electron chi connectivity index (χ2n) is 18.4. The molecular formula is C49H59N11O12. The van der Waals surface area contributed by atoms with E-state index in [2.05, 4.69) is 41.9 Å². The van der Waals surface area contributed by atoms with Gasteiger partial charge in [-0.2, -0.15) is 0 Å². The van der Waals surface area contributed by atoms with Crippen molar-refractivity contribution in [1.29, 1.82) is 0 Å². The number of nitrogens with one attached hydrogen (secondary N) is 8. The molecule has 4 aliphatic heterocycles. The summed E-state index contributed by atoms with van der Waals surface area (Å²) in [6.07, 6.45) is -1.45. The Morgan fingerprint density at radius 2 is 1.67 bits per heavy atom. The largest absolute Gasteiger partial charge is 0.481 e. The number of carboxylic acids is 1. The number of rotatable bonds is 14. The third-order valence-corrected chi connectivity index (χ3v) is 13.4. The molecule has 2 unspecified atom stereocenters. The molecule has 0 radical (unpaired) electrons. The quantitative estimate of drug-likeness (QED) is 0.0545. The van der Waals surface area contributed by atoms with Crippen molar-refractivity contribution >= 4 is 63.2 Å². The van der Waals surface area contributed by atoms with E-state index in [9.17, 15) is 44.1 Å². The molecule has 12 atom stereocenters. The minimum Gasteiger partial charge on any atom is -0.481 e. The van der Waals surface area contributed by atoms with Crippen molar-refractivity contribution < 1.29 is 58.4 Å². The van der Waals surface area contributed by atoms with Gasteiger partial charge in [-0.25, -0.2) is 4.79 Å². The monoisotopic (exact) mass is 993 g/mol. The van der Waals surface area contributed by atoms with E-state index in [1.807, 2.05) is 0 Å². The molecule has 23 nitrogen and oxygen atoms in total. The van der Waals surface area contributed by atoms with Crippen LogP contribution in [0.2, 0.25) is 0 Å². The fraction of sp³-hybridized carbons (Fsp3) is 0.408. The van der Waals surface area contributed by atoms with Gasteiger partial charge in [0.1, 0.15) is 42.2 Å². The molecule has 3 aromatic carbocycles. The second-order valence-corrected chi connectivity index (χ2v) is 18.4. The zero-order valence-corrected chi connectivity index (χ0v) is 39.1. The van der Waals surface area contributed by atoms with Crippen LogP contribution < -0.4 is 53.8 Å². The number of aliphatic carboxylic acids is 1. The molecule has 4 aliphatic rings. The van der Waals surface area contributed by atoms with Crippen molar-refractivity contribution in [3.05, 3.63) is 101 Å².